The fourth-order valence-corrected chi connectivity index (χ4v) is 3.14. The van der Waals surface area contributed by atoms with Crippen LogP contribution in [0.2, 0.25) is 0 Å². The number of benzene rings is 1. The summed E-state index contributed by atoms with van der Waals surface area (Å²) >= 11 is 6.24. The number of amides is 1. The number of nitrogens with one attached hydrogen (secondary N) is 1. The fourth-order valence-electron chi connectivity index (χ4n) is 1.78. The summed E-state index contributed by atoms with van der Waals surface area (Å²) in [6.45, 7) is 0. The maximum Gasteiger partial charge on any atom is 0.320 e. The highest BCUT2D eigenvalue weighted by atomic mass is 79.9. The van der Waals surface area contributed by atoms with Gasteiger partial charge in [0.2, 0.25) is 5.69 Å². The lowest BCUT2D eigenvalue weighted by Crippen LogP contribution is -2.18. The smallest absolute Gasteiger partial charge is 0.318 e. The molecule has 1 aromatic heterocycles. The van der Waals surface area contributed by atoms with E-state index in [1.807, 2.05) is 0 Å². The molecule has 0 saturated heterocycles. The maximum atomic E-state index is 12.3. The van der Waals surface area contributed by atoms with Gasteiger partial charge in [-0.2, -0.15) is 5.10 Å². The van der Waals surface area contributed by atoms with Crippen LogP contribution in [0.4, 0.5) is 17.1 Å². The van der Waals surface area contributed by atoms with Gasteiger partial charge in [-0.25, -0.2) is 0 Å². The van der Waals surface area contributed by atoms with Gasteiger partial charge >= 0.3 is 5.69 Å². The summed E-state index contributed by atoms with van der Waals surface area (Å²) in [6, 6.07) is 2.41. The van der Waals surface area contributed by atoms with Crippen molar-refractivity contribution in [2.75, 3.05) is 5.32 Å². The van der Waals surface area contributed by atoms with Crippen molar-refractivity contribution in [3.63, 3.8) is 0 Å². The van der Waals surface area contributed by atoms with Gasteiger partial charge in [0.05, 0.1) is 15.5 Å². The summed E-state index contributed by atoms with van der Waals surface area (Å²) in [5.74, 6) is -0.771. The number of nitro groups is 2. The van der Waals surface area contributed by atoms with Gasteiger partial charge in [-0.3, -0.25) is 29.7 Å². The highest BCUT2D eigenvalue weighted by Gasteiger charge is 2.27. The Kier molecular flexibility index (Phi) is 4.75. The van der Waals surface area contributed by atoms with Crippen LogP contribution in [0.25, 0.3) is 0 Å². The lowest BCUT2D eigenvalue weighted by Gasteiger charge is -2.09. The number of rotatable bonds is 4. The van der Waals surface area contributed by atoms with Gasteiger partial charge in [0, 0.05) is 28.1 Å². The molecule has 0 saturated carbocycles. The summed E-state index contributed by atoms with van der Waals surface area (Å²) in [5, 5.41) is 27.9. The second-order valence-electron chi connectivity index (χ2n) is 4.25. The molecule has 0 spiro atoms. The first kappa shape index (κ1) is 17.0. The Hall–Kier alpha value is -2.34. The van der Waals surface area contributed by atoms with Crippen LogP contribution in [0, 0.1) is 20.2 Å². The molecular formula is C11H7Br2N5O5. The number of nitro benzene ring substituents is 1. The number of halogens is 2. The quantitative estimate of drug-likeness (QED) is 0.564. The minimum Gasteiger partial charge on any atom is -0.318 e. The summed E-state index contributed by atoms with van der Waals surface area (Å²) < 4.78 is 1.56. The standard InChI is InChI=1S/C11H7Br2N5O5/c1-16-10(8(4-14-16)18(22)23)11(19)15-9-6(12)2-5(17(20)21)3-7(9)13/h2-4H,1H3,(H,15,19). The third kappa shape index (κ3) is 3.37. The van der Waals surface area contributed by atoms with E-state index in [9.17, 15) is 25.0 Å². The Bertz CT molecular complexity index is 811. The molecule has 0 radical (unpaired) electrons. The van der Waals surface area contributed by atoms with Crippen LogP contribution in [-0.4, -0.2) is 25.5 Å². The minimum absolute atomic E-state index is 0.187. The molecule has 0 aliphatic rings. The topological polar surface area (TPSA) is 133 Å². The summed E-state index contributed by atoms with van der Waals surface area (Å²) in [6.07, 6.45) is 0.967. The normalized spacial score (nSPS) is 10.4. The molecule has 1 aromatic carbocycles. The zero-order valence-corrected chi connectivity index (χ0v) is 14.5. The fraction of sp³-hybridized carbons (Fsp3) is 0.0909. The molecule has 0 aliphatic heterocycles. The predicted octanol–water partition coefficient (Wildman–Crippen LogP) is 3.01. The Labute approximate surface area is 145 Å². The zero-order valence-electron chi connectivity index (χ0n) is 11.3. The number of carbonyl (C=O) groups is 1. The summed E-state index contributed by atoms with van der Waals surface area (Å²) in [5.41, 5.74) is -0.671. The van der Waals surface area contributed by atoms with E-state index in [2.05, 4.69) is 42.3 Å². The van der Waals surface area contributed by atoms with Gasteiger partial charge < -0.3 is 5.32 Å². The Balaban J connectivity index is 2.41. The number of carbonyl (C=O) groups excluding carboxylic acids is 1. The van der Waals surface area contributed by atoms with Crippen molar-refractivity contribution in [1.82, 2.24) is 9.78 Å². The first-order valence-corrected chi connectivity index (χ1v) is 7.42. The molecule has 0 unspecified atom stereocenters. The molecular weight excluding hydrogens is 442 g/mol. The van der Waals surface area contributed by atoms with E-state index in [-0.39, 0.29) is 26.0 Å². The van der Waals surface area contributed by atoms with Crippen LogP contribution >= 0.6 is 31.9 Å². The monoisotopic (exact) mass is 447 g/mol. The Morgan fingerprint density at radius 2 is 1.78 bits per heavy atom. The molecule has 0 aliphatic carbocycles. The van der Waals surface area contributed by atoms with Gasteiger partial charge in [-0.05, 0) is 31.9 Å². The maximum absolute atomic E-state index is 12.3. The van der Waals surface area contributed by atoms with E-state index in [0.717, 1.165) is 10.9 Å². The summed E-state index contributed by atoms with van der Waals surface area (Å²) in [7, 11) is 1.39. The molecule has 0 bridgehead atoms. The number of aromatic nitrogens is 2. The molecule has 2 aromatic rings. The Morgan fingerprint density at radius 1 is 1.22 bits per heavy atom. The van der Waals surface area contributed by atoms with E-state index in [1.165, 1.54) is 19.2 Å². The number of nitrogens with zero attached hydrogens (tertiary/aromatic N) is 4. The SMILES string of the molecule is Cn1ncc([N+](=O)[O-])c1C(=O)Nc1c(Br)cc([N+](=O)[O-])cc1Br. The number of hydrogen-bond acceptors (Lipinski definition) is 6. The van der Waals surface area contributed by atoms with Crippen molar-refractivity contribution >= 4 is 54.8 Å². The first-order valence-electron chi connectivity index (χ1n) is 5.83. The van der Waals surface area contributed by atoms with Crippen molar-refractivity contribution in [3.05, 3.63) is 53.2 Å². The number of hydrogen-bond donors (Lipinski definition) is 1. The molecule has 0 fully saturated rings. The van der Waals surface area contributed by atoms with Crippen LogP contribution in [0.5, 0.6) is 0 Å². The largest absolute Gasteiger partial charge is 0.320 e. The van der Waals surface area contributed by atoms with E-state index in [1.54, 1.807) is 0 Å². The van der Waals surface area contributed by atoms with Crippen LogP contribution in [-0.2, 0) is 7.05 Å². The molecule has 1 heterocycles. The zero-order chi connectivity index (χ0) is 17.3. The van der Waals surface area contributed by atoms with Crippen molar-refractivity contribution in [3.8, 4) is 0 Å². The van der Waals surface area contributed by atoms with E-state index in [0.29, 0.717) is 0 Å². The number of non-ortho nitro benzene ring substituents is 1. The van der Waals surface area contributed by atoms with E-state index in [4.69, 9.17) is 0 Å². The minimum atomic E-state index is -0.771. The van der Waals surface area contributed by atoms with E-state index >= 15 is 0 Å². The molecule has 23 heavy (non-hydrogen) atoms. The third-order valence-corrected chi connectivity index (χ3v) is 4.06. The van der Waals surface area contributed by atoms with Gasteiger partial charge in [-0.15, -0.1) is 0 Å². The van der Waals surface area contributed by atoms with E-state index < -0.39 is 21.4 Å². The van der Waals surface area contributed by atoms with Gasteiger partial charge in [0.15, 0.2) is 0 Å². The molecule has 10 nitrogen and oxygen atoms in total. The number of aryl methyl sites for hydroxylation is 1. The van der Waals surface area contributed by atoms with Gasteiger partial charge in [-0.1, -0.05) is 0 Å². The molecule has 0 atom stereocenters. The average molecular weight is 449 g/mol. The predicted molar refractivity (Wildman–Crippen MR) is 86.3 cm³/mol. The molecule has 120 valence electrons. The van der Waals surface area contributed by atoms with Gasteiger partial charge in [0.1, 0.15) is 6.20 Å². The van der Waals surface area contributed by atoms with Crippen molar-refractivity contribution in [2.45, 2.75) is 0 Å². The molecule has 1 amide bonds. The van der Waals surface area contributed by atoms with Crippen LogP contribution in [0.3, 0.4) is 0 Å². The highest BCUT2D eigenvalue weighted by Crippen LogP contribution is 2.35. The van der Waals surface area contributed by atoms with Crippen molar-refractivity contribution < 1.29 is 14.6 Å². The highest BCUT2D eigenvalue weighted by molar-refractivity contribution is 9.11. The average Bonchev–Trinajstić information content (AvgIpc) is 2.84. The third-order valence-electron chi connectivity index (χ3n) is 2.81. The van der Waals surface area contributed by atoms with Crippen LogP contribution < -0.4 is 5.32 Å². The lowest BCUT2D eigenvalue weighted by atomic mass is 10.2. The second kappa shape index (κ2) is 6.42. The van der Waals surface area contributed by atoms with Crippen LogP contribution in [0.1, 0.15) is 10.5 Å². The Morgan fingerprint density at radius 3 is 2.26 bits per heavy atom. The second-order valence-corrected chi connectivity index (χ2v) is 5.96. The lowest BCUT2D eigenvalue weighted by molar-refractivity contribution is -0.385. The molecule has 1 N–H and O–H groups in total. The number of anilines is 1. The van der Waals surface area contributed by atoms with Crippen molar-refractivity contribution in [2.24, 2.45) is 7.05 Å². The van der Waals surface area contributed by atoms with Crippen molar-refractivity contribution in [1.29, 1.82) is 0 Å². The van der Waals surface area contributed by atoms with Crippen LogP contribution in [0.15, 0.2) is 27.3 Å². The van der Waals surface area contributed by atoms with Gasteiger partial charge in [0.25, 0.3) is 11.6 Å². The molecule has 2 rings (SSSR count). The molecule has 12 heteroatoms. The summed E-state index contributed by atoms with van der Waals surface area (Å²) in [4.78, 5) is 32.7. The first-order chi connectivity index (χ1) is 10.7.